The van der Waals surface area contributed by atoms with Gasteiger partial charge in [-0.05, 0) is 12.1 Å². The molecule has 0 radical (unpaired) electrons. The number of nitrogen functional groups attached to an aromatic ring is 1. The summed E-state index contributed by atoms with van der Waals surface area (Å²) in [6.07, 6.45) is 0. The molecule has 19 heavy (non-hydrogen) atoms. The quantitative estimate of drug-likeness (QED) is 0.740. The summed E-state index contributed by atoms with van der Waals surface area (Å²) in [5.41, 5.74) is 6.23. The minimum absolute atomic E-state index is 0. The summed E-state index contributed by atoms with van der Waals surface area (Å²) in [5.74, 6) is -0.468. The number of nitrogens with one attached hydrogen (secondary N) is 2. The lowest BCUT2D eigenvalue weighted by Crippen LogP contribution is -2.39. The van der Waals surface area contributed by atoms with E-state index >= 15 is 0 Å². The largest absolute Gasteiger partial charge is 0.397 e. The van der Waals surface area contributed by atoms with E-state index in [2.05, 4.69) is 10.6 Å². The summed E-state index contributed by atoms with van der Waals surface area (Å²) in [5, 5.41) is 5.21. The number of anilines is 2. The highest BCUT2D eigenvalue weighted by molar-refractivity contribution is 5.97. The van der Waals surface area contributed by atoms with Crippen molar-refractivity contribution in [2.45, 2.75) is 20.8 Å². The molecule has 0 saturated heterocycles. The third-order valence-electron chi connectivity index (χ3n) is 2.33. The lowest BCUT2D eigenvalue weighted by molar-refractivity contribution is -0.130. The molecule has 0 aliphatic heterocycles. The maximum atomic E-state index is 11.6. The lowest BCUT2D eigenvalue weighted by Gasteiger charge is -2.17. The Balaban J connectivity index is 0.00000324. The number of hydrogen-bond donors (Lipinski definition) is 3. The molecular formula is C13H20ClN3O2. The fourth-order valence-corrected chi connectivity index (χ4v) is 1.23. The average molecular weight is 286 g/mol. The molecule has 1 aromatic rings. The van der Waals surface area contributed by atoms with Crippen LogP contribution in [0, 0.1) is 5.41 Å². The summed E-state index contributed by atoms with van der Waals surface area (Å²) >= 11 is 0. The highest BCUT2D eigenvalue weighted by atomic mass is 35.5. The predicted molar refractivity (Wildman–Crippen MR) is 79.2 cm³/mol. The first kappa shape index (κ1) is 17.2. The Labute approximate surface area is 119 Å². The molecule has 0 aromatic heterocycles. The summed E-state index contributed by atoms with van der Waals surface area (Å²) in [7, 11) is 0. The van der Waals surface area contributed by atoms with Gasteiger partial charge in [0.1, 0.15) is 0 Å². The van der Waals surface area contributed by atoms with Crippen LogP contribution in [0.1, 0.15) is 20.8 Å². The van der Waals surface area contributed by atoms with Crippen LogP contribution < -0.4 is 16.4 Å². The van der Waals surface area contributed by atoms with Crippen molar-refractivity contribution in [1.29, 1.82) is 0 Å². The monoisotopic (exact) mass is 285 g/mol. The van der Waals surface area contributed by atoms with Gasteiger partial charge >= 0.3 is 0 Å². The zero-order valence-electron chi connectivity index (χ0n) is 11.3. The molecule has 0 heterocycles. The van der Waals surface area contributed by atoms with Crippen LogP contribution in [-0.2, 0) is 9.59 Å². The molecule has 0 aliphatic carbocycles. The van der Waals surface area contributed by atoms with Crippen LogP contribution in [0.25, 0.3) is 0 Å². The maximum absolute atomic E-state index is 11.6. The lowest BCUT2D eigenvalue weighted by atomic mass is 9.96. The number of halogens is 1. The van der Waals surface area contributed by atoms with E-state index in [-0.39, 0.29) is 30.8 Å². The van der Waals surface area contributed by atoms with Crippen molar-refractivity contribution in [2.24, 2.45) is 5.41 Å². The first-order valence-corrected chi connectivity index (χ1v) is 5.73. The van der Waals surface area contributed by atoms with Gasteiger partial charge in [-0.1, -0.05) is 32.9 Å². The maximum Gasteiger partial charge on any atom is 0.243 e. The van der Waals surface area contributed by atoms with Gasteiger partial charge < -0.3 is 16.4 Å². The minimum atomic E-state index is -0.508. The first-order chi connectivity index (χ1) is 8.30. The number of nitrogens with two attached hydrogens (primary N) is 1. The number of amides is 2. The van der Waals surface area contributed by atoms with Gasteiger partial charge in [0.25, 0.3) is 0 Å². The Kier molecular flexibility index (Phi) is 6.35. The van der Waals surface area contributed by atoms with E-state index in [1.807, 2.05) is 0 Å². The molecule has 5 nitrogen and oxygen atoms in total. The van der Waals surface area contributed by atoms with Gasteiger partial charge in [0.2, 0.25) is 11.8 Å². The molecule has 0 aliphatic rings. The predicted octanol–water partition coefficient (Wildman–Crippen LogP) is 1.79. The van der Waals surface area contributed by atoms with Gasteiger partial charge in [-0.3, -0.25) is 9.59 Å². The summed E-state index contributed by atoms with van der Waals surface area (Å²) in [4.78, 5) is 23.2. The molecule has 106 valence electrons. The molecule has 0 spiro atoms. The average Bonchev–Trinajstić information content (AvgIpc) is 2.27. The van der Waals surface area contributed by atoms with Crippen LogP contribution >= 0.6 is 12.4 Å². The third kappa shape index (κ3) is 5.61. The Hall–Kier alpha value is -1.75. The molecule has 2 amide bonds. The second-order valence-corrected chi connectivity index (χ2v) is 5.07. The van der Waals surface area contributed by atoms with E-state index in [0.29, 0.717) is 11.4 Å². The van der Waals surface area contributed by atoms with Crippen LogP contribution in [0.15, 0.2) is 24.3 Å². The summed E-state index contributed by atoms with van der Waals surface area (Å²) < 4.78 is 0. The van der Waals surface area contributed by atoms with Crippen LogP contribution in [0.3, 0.4) is 0 Å². The van der Waals surface area contributed by atoms with Crippen LogP contribution in [0.2, 0.25) is 0 Å². The van der Waals surface area contributed by atoms with Gasteiger partial charge in [0, 0.05) is 5.41 Å². The van der Waals surface area contributed by atoms with Gasteiger partial charge in [-0.25, -0.2) is 0 Å². The first-order valence-electron chi connectivity index (χ1n) is 5.73. The molecule has 0 unspecified atom stereocenters. The molecule has 6 heteroatoms. The van der Waals surface area contributed by atoms with Crippen molar-refractivity contribution in [3.63, 3.8) is 0 Å². The Bertz CT molecular complexity index is 455. The number of rotatable bonds is 3. The summed E-state index contributed by atoms with van der Waals surface area (Å²) in [6.45, 7) is 5.30. The highest BCUT2D eigenvalue weighted by Crippen LogP contribution is 2.16. The molecular weight excluding hydrogens is 266 g/mol. The van der Waals surface area contributed by atoms with E-state index in [1.54, 1.807) is 45.0 Å². The number of benzene rings is 1. The zero-order valence-corrected chi connectivity index (χ0v) is 12.1. The van der Waals surface area contributed by atoms with Crippen molar-refractivity contribution in [2.75, 3.05) is 17.6 Å². The molecule has 0 saturated carbocycles. The van der Waals surface area contributed by atoms with Crippen molar-refractivity contribution in [3.8, 4) is 0 Å². The molecule has 0 fully saturated rings. The SMILES string of the molecule is CC(C)(C)C(=O)NCC(=O)Nc1ccccc1N.Cl. The van der Waals surface area contributed by atoms with Crippen molar-refractivity contribution in [3.05, 3.63) is 24.3 Å². The number of hydrogen-bond acceptors (Lipinski definition) is 3. The van der Waals surface area contributed by atoms with E-state index in [0.717, 1.165) is 0 Å². The van der Waals surface area contributed by atoms with Crippen molar-refractivity contribution < 1.29 is 9.59 Å². The number of carbonyl (C=O) groups is 2. The topological polar surface area (TPSA) is 84.2 Å². The number of para-hydroxylation sites is 2. The van der Waals surface area contributed by atoms with Gasteiger partial charge in [0.15, 0.2) is 0 Å². The van der Waals surface area contributed by atoms with Crippen LogP contribution in [0.4, 0.5) is 11.4 Å². The molecule has 1 aromatic carbocycles. The highest BCUT2D eigenvalue weighted by Gasteiger charge is 2.21. The van der Waals surface area contributed by atoms with Crippen molar-refractivity contribution in [1.82, 2.24) is 5.32 Å². The van der Waals surface area contributed by atoms with Crippen molar-refractivity contribution >= 4 is 35.6 Å². The van der Waals surface area contributed by atoms with Gasteiger partial charge in [-0.15, -0.1) is 12.4 Å². The standard InChI is InChI=1S/C13H19N3O2.ClH/c1-13(2,3)12(18)15-8-11(17)16-10-7-5-4-6-9(10)14;/h4-7H,8,14H2,1-3H3,(H,15,18)(H,16,17);1H. The van der Waals surface area contributed by atoms with Crippen LogP contribution in [0.5, 0.6) is 0 Å². The minimum Gasteiger partial charge on any atom is -0.397 e. The van der Waals surface area contributed by atoms with E-state index in [9.17, 15) is 9.59 Å². The van der Waals surface area contributed by atoms with Crippen LogP contribution in [-0.4, -0.2) is 18.4 Å². The molecule has 1 rings (SSSR count). The van der Waals surface area contributed by atoms with Gasteiger partial charge in [-0.2, -0.15) is 0 Å². The third-order valence-corrected chi connectivity index (χ3v) is 2.33. The Morgan fingerprint density at radius 3 is 2.32 bits per heavy atom. The van der Waals surface area contributed by atoms with E-state index < -0.39 is 5.41 Å². The molecule has 4 N–H and O–H groups in total. The second-order valence-electron chi connectivity index (χ2n) is 5.07. The smallest absolute Gasteiger partial charge is 0.243 e. The Morgan fingerprint density at radius 1 is 1.21 bits per heavy atom. The fourth-order valence-electron chi connectivity index (χ4n) is 1.23. The fraction of sp³-hybridized carbons (Fsp3) is 0.385. The van der Waals surface area contributed by atoms with Gasteiger partial charge in [0.05, 0.1) is 17.9 Å². The van der Waals surface area contributed by atoms with E-state index in [4.69, 9.17) is 5.73 Å². The zero-order chi connectivity index (χ0) is 13.8. The normalized spacial score (nSPS) is 10.3. The van der Waals surface area contributed by atoms with E-state index in [1.165, 1.54) is 0 Å². The molecule has 0 bridgehead atoms. The second kappa shape index (κ2) is 6.99. The summed E-state index contributed by atoms with van der Waals surface area (Å²) in [6, 6.07) is 6.97. The Morgan fingerprint density at radius 2 is 1.79 bits per heavy atom. The molecule has 0 atom stereocenters. The number of carbonyl (C=O) groups excluding carboxylic acids is 2.